The molecule has 29 heavy (non-hydrogen) atoms. The maximum absolute atomic E-state index is 12.3. The standard InChI is InChI=1S/C21H24Cl2N2O3S/c1-29(26,27)20-7-3-2-6-19(20)28-21-16-9-13(22)10-17(23)15(16)11-18(21)25-8-4-5-14(24)12-25/h2-3,6-7,9-10,14,18,21H,4-5,8,11-12,24H2,1H3/t14-,18+,21+/m1/s1. The number of sulfone groups is 1. The maximum atomic E-state index is 12.3. The number of halogens is 2. The number of hydrogen-bond acceptors (Lipinski definition) is 5. The van der Waals surface area contributed by atoms with Crippen molar-refractivity contribution in [3.05, 3.63) is 57.6 Å². The van der Waals surface area contributed by atoms with Gasteiger partial charge in [0.1, 0.15) is 16.7 Å². The van der Waals surface area contributed by atoms with E-state index in [1.165, 1.54) is 6.26 Å². The van der Waals surface area contributed by atoms with Crippen LogP contribution in [0.2, 0.25) is 10.0 Å². The molecule has 3 atom stereocenters. The Balaban J connectivity index is 1.76. The van der Waals surface area contributed by atoms with E-state index in [0.29, 0.717) is 22.2 Å². The van der Waals surface area contributed by atoms with Gasteiger partial charge < -0.3 is 10.5 Å². The first kappa shape index (κ1) is 20.9. The Morgan fingerprint density at radius 3 is 2.69 bits per heavy atom. The van der Waals surface area contributed by atoms with E-state index in [-0.39, 0.29) is 23.1 Å². The third-order valence-corrected chi connectivity index (χ3v) is 7.42. The highest BCUT2D eigenvalue weighted by molar-refractivity contribution is 7.90. The number of rotatable bonds is 4. The molecule has 2 aromatic rings. The molecule has 5 nitrogen and oxygen atoms in total. The van der Waals surface area contributed by atoms with Crippen LogP contribution in [-0.2, 0) is 16.3 Å². The highest BCUT2D eigenvalue weighted by Crippen LogP contribution is 2.44. The van der Waals surface area contributed by atoms with Crippen molar-refractivity contribution in [3.63, 3.8) is 0 Å². The third kappa shape index (κ3) is 4.28. The molecule has 1 aliphatic carbocycles. The minimum Gasteiger partial charge on any atom is -0.483 e. The van der Waals surface area contributed by atoms with Crippen molar-refractivity contribution in [2.45, 2.75) is 42.3 Å². The lowest BCUT2D eigenvalue weighted by Crippen LogP contribution is -2.49. The monoisotopic (exact) mass is 454 g/mol. The number of piperidine rings is 1. The summed E-state index contributed by atoms with van der Waals surface area (Å²) < 4.78 is 30.9. The van der Waals surface area contributed by atoms with Crippen LogP contribution >= 0.6 is 23.2 Å². The Morgan fingerprint density at radius 2 is 1.97 bits per heavy atom. The second-order valence-corrected chi connectivity index (χ2v) is 10.7. The molecule has 0 aromatic heterocycles. The van der Waals surface area contributed by atoms with Crippen LogP contribution in [-0.4, -0.2) is 44.7 Å². The van der Waals surface area contributed by atoms with E-state index in [9.17, 15) is 8.42 Å². The fourth-order valence-corrected chi connectivity index (χ4v) is 5.80. The van der Waals surface area contributed by atoms with Crippen LogP contribution in [0.5, 0.6) is 5.75 Å². The van der Waals surface area contributed by atoms with E-state index in [1.807, 2.05) is 6.07 Å². The first-order valence-corrected chi connectivity index (χ1v) is 12.3. The summed E-state index contributed by atoms with van der Waals surface area (Å²) in [6, 6.07) is 10.5. The van der Waals surface area contributed by atoms with Crippen LogP contribution < -0.4 is 10.5 Å². The average Bonchev–Trinajstić information content (AvgIpc) is 3.00. The number of hydrogen-bond donors (Lipinski definition) is 1. The van der Waals surface area contributed by atoms with Gasteiger partial charge in [-0.2, -0.15) is 0 Å². The Hall–Kier alpha value is -1.31. The van der Waals surface area contributed by atoms with Crippen molar-refractivity contribution >= 4 is 33.0 Å². The van der Waals surface area contributed by atoms with Crippen molar-refractivity contribution in [2.75, 3.05) is 19.3 Å². The molecule has 1 fully saturated rings. The molecule has 1 aliphatic heterocycles. The molecule has 0 spiro atoms. The highest BCUT2D eigenvalue weighted by Gasteiger charge is 2.41. The average molecular weight is 455 g/mol. The van der Waals surface area contributed by atoms with Crippen LogP contribution in [0.3, 0.4) is 0 Å². The molecule has 0 unspecified atom stereocenters. The molecule has 156 valence electrons. The summed E-state index contributed by atoms with van der Waals surface area (Å²) in [4.78, 5) is 2.52. The van der Waals surface area contributed by atoms with E-state index in [0.717, 1.165) is 37.1 Å². The Labute approximate surface area is 181 Å². The molecule has 0 bridgehead atoms. The van der Waals surface area contributed by atoms with E-state index in [1.54, 1.807) is 30.3 Å². The van der Waals surface area contributed by atoms with Crippen molar-refractivity contribution < 1.29 is 13.2 Å². The first-order chi connectivity index (χ1) is 13.7. The van der Waals surface area contributed by atoms with Gasteiger partial charge in [-0.25, -0.2) is 8.42 Å². The topological polar surface area (TPSA) is 72.6 Å². The summed E-state index contributed by atoms with van der Waals surface area (Å²) in [5, 5.41) is 1.15. The maximum Gasteiger partial charge on any atom is 0.179 e. The first-order valence-electron chi connectivity index (χ1n) is 9.67. The largest absolute Gasteiger partial charge is 0.483 e. The molecule has 2 aliphatic rings. The SMILES string of the molecule is CS(=O)(=O)c1ccccc1O[C@H]1c2cc(Cl)cc(Cl)c2C[C@@H]1N1CCC[C@@H](N)C1. The molecular weight excluding hydrogens is 431 g/mol. The number of benzene rings is 2. The summed E-state index contributed by atoms with van der Waals surface area (Å²) in [6.45, 7) is 1.70. The van der Waals surface area contributed by atoms with E-state index in [2.05, 4.69) is 4.90 Å². The van der Waals surface area contributed by atoms with Gasteiger partial charge in [-0.1, -0.05) is 35.3 Å². The molecular formula is C21H24Cl2N2O3S. The van der Waals surface area contributed by atoms with E-state index in [4.69, 9.17) is 33.7 Å². The minimum absolute atomic E-state index is 0.0138. The minimum atomic E-state index is -3.43. The molecule has 0 radical (unpaired) electrons. The zero-order valence-electron chi connectivity index (χ0n) is 16.1. The van der Waals surface area contributed by atoms with Gasteiger partial charge in [0.25, 0.3) is 0 Å². The highest BCUT2D eigenvalue weighted by atomic mass is 35.5. The van der Waals surface area contributed by atoms with Crippen molar-refractivity contribution in [3.8, 4) is 5.75 Å². The second-order valence-electron chi connectivity index (χ2n) is 7.88. The number of fused-ring (bicyclic) bond motifs is 1. The summed E-state index contributed by atoms with van der Waals surface area (Å²) >= 11 is 12.8. The number of para-hydroxylation sites is 1. The fraction of sp³-hybridized carbons (Fsp3) is 0.429. The van der Waals surface area contributed by atoms with Gasteiger partial charge in [-0.15, -0.1) is 0 Å². The van der Waals surface area contributed by atoms with Gasteiger partial charge in [-0.05, 0) is 55.6 Å². The van der Waals surface area contributed by atoms with Gasteiger partial charge in [-0.3, -0.25) is 4.90 Å². The summed E-state index contributed by atoms with van der Waals surface area (Å²) in [5.41, 5.74) is 8.14. The fourth-order valence-electron chi connectivity index (χ4n) is 4.41. The molecule has 2 N–H and O–H groups in total. The van der Waals surface area contributed by atoms with Gasteiger partial charge >= 0.3 is 0 Å². The smallest absolute Gasteiger partial charge is 0.179 e. The lowest BCUT2D eigenvalue weighted by atomic mass is 10.0. The molecule has 1 saturated heterocycles. The summed E-state index contributed by atoms with van der Waals surface area (Å²) in [7, 11) is -3.43. The molecule has 0 saturated carbocycles. The van der Waals surface area contributed by atoms with Crippen LogP contribution in [0.1, 0.15) is 30.1 Å². The lowest BCUT2D eigenvalue weighted by Gasteiger charge is -2.38. The van der Waals surface area contributed by atoms with Crippen LogP contribution in [0.25, 0.3) is 0 Å². The van der Waals surface area contributed by atoms with Crippen LogP contribution in [0.15, 0.2) is 41.3 Å². The van der Waals surface area contributed by atoms with Gasteiger partial charge in [0, 0.05) is 34.5 Å². The number of likely N-dealkylation sites (tertiary alicyclic amines) is 1. The quantitative estimate of drug-likeness (QED) is 0.758. The van der Waals surface area contributed by atoms with E-state index < -0.39 is 9.84 Å². The normalized spacial score (nSPS) is 25.0. The number of nitrogens with zero attached hydrogens (tertiary/aromatic N) is 1. The lowest BCUT2D eigenvalue weighted by molar-refractivity contribution is 0.0577. The predicted molar refractivity (Wildman–Crippen MR) is 116 cm³/mol. The zero-order chi connectivity index (χ0) is 20.8. The van der Waals surface area contributed by atoms with Crippen LogP contribution in [0, 0.1) is 0 Å². The molecule has 0 amide bonds. The number of nitrogens with two attached hydrogens (primary N) is 1. The Bertz CT molecular complexity index is 1030. The third-order valence-electron chi connectivity index (χ3n) is 5.72. The summed E-state index contributed by atoms with van der Waals surface area (Å²) in [6.07, 6.45) is 3.55. The molecule has 1 heterocycles. The van der Waals surface area contributed by atoms with Gasteiger partial charge in [0.2, 0.25) is 0 Å². The van der Waals surface area contributed by atoms with Crippen molar-refractivity contribution in [2.24, 2.45) is 5.73 Å². The van der Waals surface area contributed by atoms with Gasteiger partial charge in [0.15, 0.2) is 9.84 Å². The predicted octanol–water partition coefficient (Wildman–Crippen LogP) is 3.86. The van der Waals surface area contributed by atoms with Crippen molar-refractivity contribution in [1.29, 1.82) is 0 Å². The molecule has 4 rings (SSSR count). The van der Waals surface area contributed by atoms with Crippen LogP contribution in [0.4, 0.5) is 0 Å². The molecule has 8 heteroatoms. The Kier molecular flexibility index (Phi) is 5.84. The van der Waals surface area contributed by atoms with E-state index >= 15 is 0 Å². The zero-order valence-corrected chi connectivity index (χ0v) is 18.5. The van der Waals surface area contributed by atoms with Gasteiger partial charge in [0.05, 0.1) is 6.04 Å². The number of ether oxygens (including phenoxy) is 1. The Morgan fingerprint density at radius 1 is 1.21 bits per heavy atom. The van der Waals surface area contributed by atoms with Crippen molar-refractivity contribution in [1.82, 2.24) is 4.90 Å². The molecule has 2 aromatic carbocycles. The second kappa shape index (κ2) is 8.08. The summed E-state index contributed by atoms with van der Waals surface area (Å²) in [5.74, 6) is 0.343.